The molecule has 0 heterocycles. The fraction of sp³-hybridized carbons (Fsp3) is 0.136. The van der Waals surface area contributed by atoms with Crippen LogP contribution in [0, 0.1) is 6.92 Å². The second-order valence-electron chi connectivity index (χ2n) is 6.39. The van der Waals surface area contributed by atoms with Gasteiger partial charge in [-0.15, -0.1) is 0 Å². The molecular formula is C22H21NO4S. The van der Waals surface area contributed by atoms with Gasteiger partial charge in [0.1, 0.15) is 10.6 Å². The van der Waals surface area contributed by atoms with Crippen LogP contribution in [0.1, 0.15) is 21.5 Å². The summed E-state index contributed by atoms with van der Waals surface area (Å²) < 4.78 is 29.8. The summed E-state index contributed by atoms with van der Waals surface area (Å²) in [6.45, 7) is 2.67. The van der Waals surface area contributed by atoms with Crippen LogP contribution >= 0.6 is 0 Å². The summed E-state index contributed by atoms with van der Waals surface area (Å²) in [5, 5.41) is 3.10. The summed E-state index contributed by atoms with van der Waals surface area (Å²) in [5.41, 5.74) is 2.55. The quantitative estimate of drug-likeness (QED) is 0.465. The zero-order valence-corrected chi connectivity index (χ0v) is 16.3. The van der Waals surface area contributed by atoms with Gasteiger partial charge in [0.15, 0.2) is 5.78 Å². The summed E-state index contributed by atoms with van der Waals surface area (Å²) in [6, 6.07) is 22.3. The van der Waals surface area contributed by atoms with E-state index in [1.165, 1.54) is 24.3 Å². The Bertz CT molecular complexity index is 1030. The molecule has 0 saturated carbocycles. The Hall–Kier alpha value is -2.96. The van der Waals surface area contributed by atoms with Crippen LogP contribution in [0.5, 0.6) is 5.75 Å². The number of benzene rings is 3. The Morgan fingerprint density at radius 3 is 2.18 bits per heavy atom. The minimum atomic E-state index is -3.91. The van der Waals surface area contributed by atoms with E-state index >= 15 is 0 Å². The van der Waals surface area contributed by atoms with E-state index in [0.717, 1.165) is 11.1 Å². The van der Waals surface area contributed by atoms with Gasteiger partial charge in [-0.05, 0) is 48.9 Å². The summed E-state index contributed by atoms with van der Waals surface area (Å²) in [4.78, 5) is 12.3. The molecule has 0 fully saturated rings. The Balaban J connectivity index is 1.58. The summed E-state index contributed by atoms with van der Waals surface area (Å²) >= 11 is 0. The molecule has 0 amide bonds. The third kappa shape index (κ3) is 5.28. The molecular weight excluding hydrogens is 374 g/mol. The fourth-order valence-electron chi connectivity index (χ4n) is 2.59. The van der Waals surface area contributed by atoms with Crippen molar-refractivity contribution in [2.75, 3.05) is 6.54 Å². The molecule has 144 valence electrons. The molecule has 0 saturated heterocycles. The molecule has 3 aromatic rings. The maximum atomic E-state index is 12.3. The number of Topliss-reactive ketones (excluding diaryl/α,β-unsaturated/α-hetero) is 1. The zero-order valence-electron chi connectivity index (χ0n) is 15.5. The second-order valence-corrected chi connectivity index (χ2v) is 7.93. The standard InChI is InChI=1S/C22H21NO4S/c1-17-7-13-21(14-8-17)28(25,26)27-20-11-9-19(10-12-20)22(24)16-23-15-18-5-3-2-4-6-18/h2-14,23H,15-16H2,1H3. The predicted octanol–water partition coefficient (Wildman–Crippen LogP) is 3.74. The highest BCUT2D eigenvalue weighted by Gasteiger charge is 2.16. The minimum absolute atomic E-state index is 0.0797. The molecule has 0 aliphatic rings. The normalized spacial score (nSPS) is 11.2. The number of ketones is 1. The lowest BCUT2D eigenvalue weighted by molar-refractivity contribution is 0.0991. The monoisotopic (exact) mass is 395 g/mol. The first-order valence-electron chi connectivity index (χ1n) is 8.83. The summed E-state index contributed by atoms with van der Waals surface area (Å²) in [6.07, 6.45) is 0. The van der Waals surface area contributed by atoms with Crippen molar-refractivity contribution in [3.05, 3.63) is 95.6 Å². The van der Waals surface area contributed by atoms with Gasteiger partial charge in [-0.25, -0.2) is 0 Å². The van der Waals surface area contributed by atoms with Crippen LogP contribution < -0.4 is 9.50 Å². The van der Waals surface area contributed by atoms with E-state index < -0.39 is 10.1 Å². The summed E-state index contributed by atoms with van der Waals surface area (Å²) in [5.74, 6) is 0.0817. The number of aryl methyl sites for hydroxylation is 1. The molecule has 0 radical (unpaired) electrons. The third-order valence-corrected chi connectivity index (χ3v) is 5.41. The van der Waals surface area contributed by atoms with Crippen LogP contribution in [0.25, 0.3) is 0 Å². The maximum absolute atomic E-state index is 12.3. The smallest absolute Gasteiger partial charge is 0.339 e. The number of hydrogen-bond acceptors (Lipinski definition) is 5. The fourth-order valence-corrected chi connectivity index (χ4v) is 3.52. The molecule has 0 bridgehead atoms. The SMILES string of the molecule is Cc1ccc(S(=O)(=O)Oc2ccc(C(=O)CNCc3ccccc3)cc2)cc1. The largest absolute Gasteiger partial charge is 0.379 e. The van der Waals surface area contributed by atoms with Crippen LogP contribution in [0.3, 0.4) is 0 Å². The molecule has 0 aliphatic carbocycles. The molecule has 0 aliphatic heterocycles. The van der Waals surface area contributed by atoms with E-state index in [9.17, 15) is 13.2 Å². The lowest BCUT2D eigenvalue weighted by atomic mass is 10.1. The first kappa shape index (κ1) is 19.8. The first-order valence-corrected chi connectivity index (χ1v) is 10.2. The van der Waals surface area contributed by atoms with Crippen molar-refractivity contribution in [2.45, 2.75) is 18.4 Å². The van der Waals surface area contributed by atoms with Gasteiger partial charge in [0.2, 0.25) is 0 Å². The minimum Gasteiger partial charge on any atom is -0.379 e. The van der Waals surface area contributed by atoms with Crippen molar-refractivity contribution in [3.63, 3.8) is 0 Å². The maximum Gasteiger partial charge on any atom is 0.339 e. The summed E-state index contributed by atoms with van der Waals surface area (Å²) in [7, 11) is -3.91. The van der Waals surface area contributed by atoms with Crippen LogP contribution in [-0.2, 0) is 16.7 Å². The van der Waals surface area contributed by atoms with Crippen molar-refractivity contribution in [3.8, 4) is 5.75 Å². The molecule has 28 heavy (non-hydrogen) atoms. The zero-order chi connectivity index (χ0) is 20.0. The Kier molecular flexibility index (Phi) is 6.23. The van der Waals surface area contributed by atoms with Gasteiger partial charge in [-0.1, -0.05) is 48.0 Å². The van der Waals surface area contributed by atoms with E-state index in [-0.39, 0.29) is 23.0 Å². The van der Waals surface area contributed by atoms with Gasteiger partial charge in [0.25, 0.3) is 0 Å². The lowest BCUT2D eigenvalue weighted by Crippen LogP contribution is -2.22. The molecule has 5 nitrogen and oxygen atoms in total. The topological polar surface area (TPSA) is 72.5 Å². The van der Waals surface area contributed by atoms with Crippen LogP contribution in [0.4, 0.5) is 0 Å². The van der Waals surface area contributed by atoms with Crippen LogP contribution in [0.15, 0.2) is 83.8 Å². The van der Waals surface area contributed by atoms with Crippen molar-refractivity contribution in [1.29, 1.82) is 0 Å². The molecule has 0 spiro atoms. The molecule has 1 N–H and O–H groups in total. The molecule has 6 heteroatoms. The van der Waals surface area contributed by atoms with Gasteiger partial charge in [-0.2, -0.15) is 8.42 Å². The number of carbonyl (C=O) groups excluding carboxylic acids is 1. The number of rotatable bonds is 8. The molecule has 0 aromatic heterocycles. The first-order chi connectivity index (χ1) is 13.4. The number of carbonyl (C=O) groups is 1. The Morgan fingerprint density at radius 1 is 0.893 bits per heavy atom. The third-order valence-electron chi connectivity index (χ3n) is 4.15. The second kappa shape index (κ2) is 8.82. The van der Waals surface area contributed by atoms with Gasteiger partial charge in [0, 0.05) is 12.1 Å². The van der Waals surface area contributed by atoms with Gasteiger partial charge >= 0.3 is 10.1 Å². The van der Waals surface area contributed by atoms with E-state index in [4.69, 9.17) is 4.18 Å². The van der Waals surface area contributed by atoms with Gasteiger partial charge in [-0.3, -0.25) is 4.79 Å². The molecule has 3 rings (SSSR count). The van der Waals surface area contributed by atoms with Crippen molar-refractivity contribution in [2.24, 2.45) is 0 Å². The molecule has 3 aromatic carbocycles. The number of nitrogens with one attached hydrogen (secondary N) is 1. The lowest BCUT2D eigenvalue weighted by Gasteiger charge is -2.08. The van der Waals surface area contributed by atoms with Gasteiger partial charge < -0.3 is 9.50 Å². The highest BCUT2D eigenvalue weighted by molar-refractivity contribution is 7.87. The van der Waals surface area contributed by atoms with E-state index in [2.05, 4.69) is 5.32 Å². The average Bonchev–Trinajstić information content (AvgIpc) is 2.69. The van der Waals surface area contributed by atoms with Crippen molar-refractivity contribution in [1.82, 2.24) is 5.32 Å². The van der Waals surface area contributed by atoms with E-state index in [0.29, 0.717) is 12.1 Å². The molecule has 0 atom stereocenters. The van der Waals surface area contributed by atoms with Crippen molar-refractivity contribution < 1.29 is 17.4 Å². The Morgan fingerprint density at radius 2 is 1.54 bits per heavy atom. The highest BCUT2D eigenvalue weighted by atomic mass is 32.2. The van der Waals surface area contributed by atoms with Crippen LogP contribution in [-0.4, -0.2) is 20.7 Å². The van der Waals surface area contributed by atoms with E-state index in [1.807, 2.05) is 37.3 Å². The Labute approximate surface area is 165 Å². The van der Waals surface area contributed by atoms with E-state index in [1.54, 1.807) is 24.3 Å². The predicted molar refractivity (Wildman–Crippen MR) is 108 cm³/mol. The average molecular weight is 395 g/mol. The molecule has 0 unspecified atom stereocenters. The number of hydrogen-bond donors (Lipinski definition) is 1. The van der Waals surface area contributed by atoms with Crippen LogP contribution in [0.2, 0.25) is 0 Å². The highest BCUT2D eigenvalue weighted by Crippen LogP contribution is 2.19. The van der Waals surface area contributed by atoms with Gasteiger partial charge in [0.05, 0.1) is 6.54 Å². The van der Waals surface area contributed by atoms with Crippen molar-refractivity contribution >= 4 is 15.9 Å².